The van der Waals surface area contributed by atoms with Crippen LogP contribution in [0.25, 0.3) is 0 Å². The van der Waals surface area contributed by atoms with E-state index in [4.69, 9.17) is 30.5 Å². The van der Waals surface area contributed by atoms with Gasteiger partial charge in [0.15, 0.2) is 11.5 Å². The fourth-order valence-electron chi connectivity index (χ4n) is 5.42. The Morgan fingerprint density at radius 2 is 1.43 bits per heavy atom. The van der Waals surface area contributed by atoms with Crippen molar-refractivity contribution in [1.29, 1.82) is 0 Å². The Kier molecular flexibility index (Phi) is 13.6. The number of rotatable bonds is 17. The number of amides is 2. The van der Waals surface area contributed by atoms with Gasteiger partial charge in [-0.25, -0.2) is 8.42 Å². The van der Waals surface area contributed by atoms with Gasteiger partial charge in [0.25, 0.3) is 10.0 Å². The molecule has 0 heterocycles. The summed E-state index contributed by atoms with van der Waals surface area (Å²) in [5.41, 5.74) is 1.51. The lowest BCUT2D eigenvalue weighted by Gasteiger charge is -2.34. The number of ether oxygens (including phenoxy) is 4. The summed E-state index contributed by atoms with van der Waals surface area (Å²) in [6.45, 7) is 3.58. The Bertz CT molecular complexity index is 1910. The van der Waals surface area contributed by atoms with E-state index in [9.17, 15) is 18.0 Å². The van der Waals surface area contributed by atoms with Gasteiger partial charge in [-0.2, -0.15) is 0 Å². The molecule has 0 aromatic heterocycles. The fourth-order valence-corrected chi connectivity index (χ4v) is 7.06. The monoisotopic (exact) mass is 737 g/mol. The molecule has 4 rings (SSSR count). The number of methoxy groups -OCH3 is 4. The summed E-state index contributed by atoms with van der Waals surface area (Å²) in [4.78, 5) is 30.1. The molecular weight excluding hydrogens is 694 g/mol. The summed E-state index contributed by atoms with van der Waals surface area (Å²) in [6.07, 6.45) is 0.169. The molecule has 1 unspecified atom stereocenters. The van der Waals surface area contributed by atoms with Crippen molar-refractivity contribution in [3.05, 3.63) is 107 Å². The molecule has 2 amide bonds. The van der Waals surface area contributed by atoms with Gasteiger partial charge in [0.05, 0.1) is 39.0 Å². The SMILES string of the molecule is COc1ccc(OC)c(N(CC(=O)N(Cc2cccc(Cl)c2)C(Cc2ccccc2)C(=O)NCC(C)C)S(=O)(=O)c2ccc(OC)c(OC)c2)c1. The molecule has 13 heteroatoms. The third-order valence-electron chi connectivity index (χ3n) is 8.07. The predicted octanol–water partition coefficient (Wildman–Crippen LogP) is 5.98. The highest BCUT2D eigenvalue weighted by Crippen LogP contribution is 2.38. The number of hydrogen-bond donors (Lipinski definition) is 1. The van der Waals surface area contributed by atoms with Crippen LogP contribution in [0, 0.1) is 5.92 Å². The molecule has 0 aliphatic rings. The number of nitrogens with one attached hydrogen (secondary N) is 1. The summed E-state index contributed by atoms with van der Waals surface area (Å²) in [5.74, 6) is 0.115. The molecule has 1 atom stereocenters. The summed E-state index contributed by atoms with van der Waals surface area (Å²) in [5, 5.41) is 3.43. The van der Waals surface area contributed by atoms with E-state index in [1.807, 2.05) is 44.2 Å². The molecule has 0 saturated carbocycles. The standard InChI is InChI=1S/C38H44ClN3O8S/c1-26(2)23-40-38(44)33(20-27-11-8-7-9-12-27)41(24-28-13-10-14-29(39)19-28)37(43)25-42(32-21-30(47-3)15-17-34(32)48-4)51(45,46)31-16-18-35(49-5)36(22-31)50-6/h7-19,21-22,26,33H,20,23-25H2,1-6H3,(H,40,44). The molecule has 0 bridgehead atoms. The van der Waals surface area contributed by atoms with Crippen molar-refractivity contribution in [1.82, 2.24) is 10.2 Å². The molecule has 0 fully saturated rings. The van der Waals surface area contributed by atoms with E-state index in [0.717, 1.165) is 9.87 Å². The smallest absolute Gasteiger partial charge is 0.265 e. The molecule has 4 aromatic rings. The number of halogens is 1. The highest BCUT2D eigenvalue weighted by atomic mass is 35.5. The van der Waals surface area contributed by atoms with Crippen LogP contribution in [-0.2, 0) is 32.6 Å². The first-order valence-corrected chi connectivity index (χ1v) is 18.1. The van der Waals surface area contributed by atoms with Crippen molar-refractivity contribution in [3.63, 3.8) is 0 Å². The molecular formula is C38H44ClN3O8S. The van der Waals surface area contributed by atoms with Crippen molar-refractivity contribution < 1.29 is 37.0 Å². The van der Waals surface area contributed by atoms with Crippen LogP contribution in [0.3, 0.4) is 0 Å². The van der Waals surface area contributed by atoms with Crippen molar-refractivity contribution in [2.45, 2.75) is 37.8 Å². The van der Waals surface area contributed by atoms with Gasteiger partial charge in [-0.1, -0.05) is 67.9 Å². The van der Waals surface area contributed by atoms with Crippen molar-refractivity contribution in [3.8, 4) is 23.0 Å². The molecule has 4 aromatic carbocycles. The van der Waals surface area contributed by atoms with Gasteiger partial charge in [-0.3, -0.25) is 13.9 Å². The summed E-state index contributed by atoms with van der Waals surface area (Å²) >= 11 is 6.35. The van der Waals surface area contributed by atoms with Crippen LogP contribution in [-0.4, -0.2) is 72.7 Å². The molecule has 0 spiro atoms. The average molecular weight is 738 g/mol. The molecule has 0 saturated heterocycles. The van der Waals surface area contributed by atoms with Crippen LogP contribution < -0.4 is 28.6 Å². The number of hydrogen-bond acceptors (Lipinski definition) is 8. The van der Waals surface area contributed by atoms with Crippen LogP contribution in [0.2, 0.25) is 5.02 Å². The van der Waals surface area contributed by atoms with Gasteiger partial charge in [-0.05, 0) is 53.4 Å². The minimum Gasteiger partial charge on any atom is -0.497 e. The van der Waals surface area contributed by atoms with Gasteiger partial charge in [0.2, 0.25) is 11.8 Å². The number of nitrogens with zero attached hydrogens (tertiary/aromatic N) is 2. The maximum absolute atomic E-state index is 14.8. The first-order chi connectivity index (χ1) is 24.4. The molecule has 11 nitrogen and oxygen atoms in total. The lowest BCUT2D eigenvalue weighted by Crippen LogP contribution is -2.53. The normalized spacial score (nSPS) is 11.8. The van der Waals surface area contributed by atoms with Crippen LogP contribution in [0.5, 0.6) is 23.0 Å². The van der Waals surface area contributed by atoms with E-state index in [1.54, 1.807) is 36.4 Å². The summed E-state index contributed by atoms with van der Waals surface area (Å²) in [7, 11) is 1.17. The minimum absolute atomic E-state index is 0.0362. The summed E-state index contributed by atoms with van der Waals surface area (Å²) in [6, 6.07) is 24.1. The molecule has 51 heavy (non-hydrogen) atoms. The van der Waals surface area contributed by atoms with E-state index in [0.29, 0.717) is 28.6 Å². The van der Waals surface area contributed by atoms with Gasteiger partial charge >= 0.3 is 0 Å². The topological polar surface area (TPSA) is 124 Å². The van der Waals surface area contributed by atoms with Crippen LogP contribution in [0.4, 0.5) is 5.69 Å². The molecule has 0 aliphatic carbocycles. The predicted molar refractivity (Wildman–Crippen MR) is 197 cm³/mol. The Morgan fingerprint density at radius 1 is 0.765 bits per heavy atom. The number of anilines is 1. The van der Waals surface area contributed by atoms with Crippen molar-refractivity contribution >= 4 is 39.1 Å². The lowest BCUT2D eigenvalue weighted by molar-refractivity contribution is -0.140. The molecule has 0 aliphatic heterocycles. The highest BCUT2D eigenvalue weighted by molar-refractivity contribution is 7.92. The third-order valence-corrected chi connectivity index (χ3v) is 10.1. The van der Waals surface area contributed by atoms with Gasteiger partial charge in [0, 0.05) is 36.7 Å². The Hall–Kier alpha value is -4.94. The average Bonchev–Trinajstić information content (AvgIpc) is 3.13. The van der Waals surface area contributed by atoms with E-state index in [2.05, 4.69) is 5.32 Å². The number of benzene rings is 4. The first kappa shape index (κ1) is 38.9. The van der Waals surface area contributed by atoms with Crippen molar-refractivity contribution in [2.75, 3.05) is 45.8 Å². The van der Waals surface area contributed by atoms with Crippen LogP contribution in [0.1, 0.15) is 25.0 Å². The first-order valence-electron chi connectivity index (χ1n) is 16.2. The summed E-state index contributed by atoms with van der Waals surface area (Å²) < 4.78 is 52.1. The zero-order valence-electron chi connectivity index (χ0n) is 29.6. The Balaban J connectivity index is 1.89. The third kappa shape index (κ3) is 9.86. The number of carbonyl (C=O) groups is 2. The quantitative estimate of drug-likeness (QED) is 0.140. The number of sulfonamides is 1. The van der Waals surface area contributed by atoms with E-state index >= 15 is 0 Å². The second-order valence-electron chi connectivity index (χ2n) is 12.1. The zero-order valence-corrected chi connectivity index (χ0v) is 31.2. The van der Waals surface area contributed by atoms with Crippen molar-refractivity contribution in [2.24, 2.45) is 5.92 Å². The largest absolute Gasteiger partial charge is 0.497 e. The number of carbonyl (C=O) groups excluding carboxylic acids is 2. The van der Waals surface area contributed by atoms with E-state index in [1.165, 1.54) is 57.6 Å². The molecule has 1 N–H and O–H groups in total. The second-order valence-corrected chi connectivity index (χ2v) is 14.4. The van der Waals surface area contributed by atoms with Crippen LogP contribution >= 0.6 is 11.6 Å². The highest BCUT2D eigenvalue weighted by Gasteiger charge is 2.36. The van der Waals surface area contributed by atoms with Gasteiger partial charge in [-0.15, -0.1) is 0 Å². The van der Waals surface area contributed by atoms with E-state index in [-0.39, 0.29) is 46.9 Å². The lowest BCUT2D eigenvalue weighted by atomic mass is 10.0. The second kappa shape index (κ2) is 17.8. The fraction of sp³-hybridized carbons (Fsp3) is 0.316. The minimum atomic E-state index is -4.51. The zero-order chi connectivity index (χ0) is 37.1. The maximum Gasteiger partial charge on any atom is 0.265 e. The van der Waals surface area contributed by atoms with Gasteiger partial charge in [0.1, 0.15) is 24.1 Å². The van der Waals surface area contributed by atoms with E-state index < -0.39 is 28.5 Å². The van der Waals surface area contributed by atoms with Gasteiger partial charge < -0.3 is 29.2 Å². The Morgan fingerprint density at radius 3 is 2.06 bits per heavy atom. The maximum atomic E-state index is 14.8. The molecule has 0 radical (unpaired) electrons. The van der Waals surface area contributed by atoms with Crippen LogP contribution in [0.15, 0.2) is 95.9 Å². The Labute approximate surface area is 305 Å². The molecule has 272 valence electrons.